The second-order valence-corrected chi connectivity index (χ2v) is 5.51. The van der Waals surface area contributed by atoms with Crippen molar-refractivity contribution in [3.05, 3.63) is 23.8 Å². The minimum Gasteiger partial charge on any atom is -0.399 e. The van der Waals surface area contributed by atoms with E-state index in [1.807, 2.05) is 4.72 Å². The molecule has 1 aromatic rings. The second kappa shape index (κ2) is 6.24. The van der Waals surface area contributed by atoms with Crippen molar-refractivity contribution < 1.29 is 27.0 Å². The lowest BCUT2D eigenvalue weighted by atomic mass is 10.3. The van der Waals surface area contributed by atoms with Gasteiger partial charge in [0.05, 0.1) is 12.7 Å². The van der Waals surface area contributed by atoms with Gasteiger partial charge < -0.3 is 15.6 Å². The van der Waals surface area contributed by atoms with E-state index in [2.05, 4.69) is 4.74 Å². The van der Waals surface area contributed by atoms with Crippen LogP contribution >= 0.6 is 0 Å². The number of nitrogen functional groups attached to an aromatic ring is 1. The van der Waals surface area contributed by atoms with Crippen molar-refractivity contribution in [2.24, 2.45) is 0 Å². The van der Waals surface area contributed by atoms with Gasteiger partial charge in [0.25, 0.3) is 0 Å². The summed E-state index contributed by atoms with van der Waals surface area (Å²) >= 11 is 0. The molecule has 108 valence electrons. The summed E-state index contributed by atoms with van der Waals surface area (Å²) in [5, 5.41) is 9.29. The van der Waals surface area contributed by atoms with Crippen LogP contribution in [0.2, 0.25) is 0 Å². The minimum atomic E-state index is -4.31. The van der Waals surface area contributed by atoms with E-state index < -0.39 is 39.2 Å². The second-order valence-electron chi connectivity index (χ2n) is 3.78. The van der Waals surface area contributed by atoms with Gasteiger partial charge in [-0.15, -0.1) is 0 Å². The van der Waals surface area contributed by atoms with E-state index in [1.165, 1.54) is 7.11 Å². The molecule has 0 aliphatic rings. The summed E-state index contributed by atoms with van der Waals surface area (Å²) in [5.41, 5.74) is 5.04. The van der Waals surface area contributed by atoms with Gasteiger partial charge in [0, 0.05) is 19.3 Å². The molecular formula is C10H14F2N2O4S. The van der Waals surface area contributed by atoms with Gasteiger partial charge in [-0.05, 0) is 12.1 Å². The topological polar surface area (TPSA) is 102 Å². The highest BCUT2D eigenvalue weighted by molar-refractivity contribution is 7.89. The third-order valence-electron chi connectivity index (χ3n) is 2.17. The fraction of sp³-hybridized carbons (Fsp3) is 0.400. The SMILES string of the molecule is COCC(O)CNS(=O)(=O)c1cc(N)cc(F)c1F. The van der Waals surface area contributed by atoms with Crippen LogP contribution in [-0.4, -0.2) is 39.9 Å². The molecule has 0 aromatic heterocycles. The molecule has 0 fully saturated rings. The summed E-state index contributed by atoms with van der Waals surface area (Å²) in [6, 6.07) is 1.47. The maximum Gasteiger partial charge on any atom is 0.243 e. The highest BCUT2D eigenvalue weighted by atomic mass is 32.2. The predicted molar refractivity (Wildman–Crippen MR) is 63.8 cm³/mol. The Bertz CT molecular complexity index is 551. The van der Waals surface area contributed by atoms with Crippen LogP contribution in [0, 0.1) is 11.6 Å². The number of aliphatic hydroxyl groups is 1. The zero-order chi connectivity index (χ0) is 14.6. The molecule has 0 amide bonds. The Morgan fingerprint density at radius 1 is 1.47 bits per heavy atom. The lowest BCUT2D eigenvalue weighted by molar-refractivity contribution is 0.0679. The zero-order valence-corrected chi connectivity index (χ0v) is 10.9. The average molecular weight is 296 g/mol. The molecular weight excluding hydrogens is 282 g/mol. The highest BCUT2D eigenvalue weighted by Gasteiger charge is 2.23. The monoisotopic (exact) mass is 296 g/mol. The maximum absolute atomic E-state index is 13.4. The van der Waals surface area contributed by atoms with E-state index in [-0.39, 0.29) is 12.3 Å². The summed E-state index contributed by atoms with van der Waals surface area (Å²) in [5.74, 6) is -2.89. The Morgan fingerprint density at radius 3 is 2.68 bits per heavy atom. The Kier molecular flexibility index (Phi) is 5.18. The number of ether oxygens (including phenoxy) is 1. The van der Waals surface area contributed by atoms with Crippen molar-refractivity contribution >= 4 is 15.7 Å². The van der Waals surface area contributed by atoms with E-state index in [0.717, 1.165) is 6.07 Å². The van der Waals surface area contributed by atoms with E-state index in [9.17, 15) is 22.3 Å². The Hall–Kier alpha value is -1.29. The highest BCUT2D eigenvalue weighted by Crippen LogP contribution is 2.20. The van der Waals surface area contributed by atoms with Gasteiger partial charge in [-0.25, -0.2) is 21.9 Å². The zero-order valence-electron chi connectivity index (χ0n) is 10.1. The first-order valence-corrected chi connectivity index (χ1v) is 6.67. The Balaban J connectivity index is 2.95. The lowest BCUT2D eigenvalue weighted by Crippen LogP contribution is -2.34. The number of nitrogens with two attached hydrogens (primary N) is 1. The van der Waals surface area contributed by atoms with Gasteiger partial charge in [0.2, 0.25) is 10.0 Å². The number of nitrogens with one attached hydrogen (secondary N) is 1. The van der Waals surface area contributed by atoms with Crippen LogP contribution < -0.4 is 10.5 Å². The van der Waals surface area contributed by atoms with Crippen molar-refractivity contribution in [3.63, 3.8) is 0 Å². The quantitative estimate of drug-likeness (QED) is 0.633. The van der Waals surface area contributed by atoms with Crippen LogP contribution in [-0.2, 0) is 14.8 Å². The Labute approximate surface area is 109 Å². The van der Waals surface area contributed by atoms with Crippen LogP contribution in [0.15, 0.2) is 17.0 Å². The molecule has 0 saturated carbocycles. The summed E-state index contributed by atoms with van der Waals surface area (Å²) in [6.45, 7) is -0.498. The number of aliphatic hydroxyl groups excluding tert-OH is 1. The Morgan fingerprint density at radius 2 is 2.11 bits per heavy atom. The van der Waals surface area contributed by atoms with Gasteiger partial charge in [0.1, 0.15) is 4.90 Å². The molecule has 1 unspecified atom stereocenters. The van der Waals surface area contributed by atoms with Crippen LogP contribution in [0.1, 0.15) is 0 Å². The van der Waals surface area contributed by atoms with Crippen LogP contribution in [0.5, 0.6) is 0 Å². The molecule has 1 atom stereocenters. The molecule has 0 bridgehead atoms. The summed E-state index contributed by atoms with van der Waals surface area (Å²) < 4.78 is 56.5. The van der Waals surface area contributed by atoms with Gasteiger partial charge in [-0.1, -0.05) is 0 Å². The molecule has 4 N–H and O–H groups in total. The number of benzene rings is 1. The summed E-state index contributed by atoms with van der Waals surface area (Å²) in [6.07, 6.45) is -1.10. The van der Waals surface area contributed by atoms with E-state index in [0.29, 0.717) is 6.07 Å². The van der Waals surface area contributed by atoms with Crippen molar-refractivity contribution in [1.29, 1.82) is 0 Å². The first kappa shape index (κ1) is 15.8. The number of sulfonamides is 1. The first-order valence-electron chi connectivity index (χ1n) is 5.19. The van der Waals surface area contributed by atoms with Crippen molar-refractivity contribution in [2.45, 2.75) is 11.0 Å². The minimum absolute atomic E-state index is 0.101. The number of hydrogen-bond acceptors (Lipinski definition) is 5. The molecule has 1 aromatic carbocycles. The number of anilines is 1. The first-order chi connectivity index (χ1) is 8.77. The third kappa shape index (κ3) is 4.10. The molecule has 9 heteroatoms. The van der Waals surface area contributed by atoms with E-state index >= 15 is 0 Å². The van der Waals surface area contributed by atoms with Crippen molar-refractivity contribution in [1.82, 2.24) is 4.72 Å². The largest absolute Gasteiger partial charge is 0.399 e. The summed E-state index contributed by atoms with van der Waals surface area (Å²) in [4.78, 5) is -0.908. The molecule has 0 radical (unpaired) electrons. The molecule has 0 spiro atoms. The van der Waals surface area contributed by atoms with Gasteiger partial charge >= 0.3 is 0 Å². The van der Waals surface area contributed by atoms with Crippen molar-refractivity contribution in [2.75, 3.05) is 26.0 Å². The predicted octanol–water partition coefficient (Wildman–Crippen LogP) is -0.167. The lowest BCUT2D eigenvalue weighted by Gasteiger charge is -2.12. The average Bonchev–Trinajstić information content (AvgIpc) is 2.31. The van der Waals surface area contributed by atoms with Crippen LogP contribution in [0.25, 0.3) is 0 Å². The third-order valence-corrected chi connectivity index (χ3v) is 3.60. The van der Waals surface area contributed by atoms with Gasteiger partial charge in [-0.2, -0.15) is 0 Å². The van der Waals surface area contributed by atoms with Gasteiger partial charge in [-0.3, -0.25) is 0 Å². The molecule has 0 heterocycles. The molecule has 19 heavy (non-hydrogen) atoms. The molecule has 6 nitrogen and oxygen atoms in total. The fourth-order valence-corrected chi connectivity index (χ4v) is 2.51. The molecule has 0 saturated heterocycles. The smallest absolute Gasteiger partial charge is 0.243 e. The van der Waals surface area contributed by atoms with E-state index in [4.69, 9.17) is 5.73 Å². The number of halogens is 2. The van der Waals surface area contributed by atoms with Gasteiger partial charge in [0.15, 0.2) is 11.6 Å². The van der Waals surface area contributed by atoms with Crippen LogP contribution in [0.4, 0.5) is 14.5 Å². The summed E-state index contributed by atoms with van der Waals surface area (Å²) in [7, 11) is -2.99. The standard InChI is InChI=1S/C10H14F2N2O4S/c1-18-5-7(15)4-14-19(16,17)9-3-6(13)2-8(11)10(9)12/h2-3,7,14-15H,4-5,13H2,1H3. The molecule has 0 aliphatic carbocycles. The molecule has 0 aliphatic heterocycles. The number of methoxy groups -OCH3 is 1. The number of rotatable bonds is 6. The normalized spacial score (nSPS) is 13.5. The van der Waals surface area contributed by atoms with E-state index in [1.54, 1.807) is 0 Å². The van der Waals surface area contributed by atoms with Crippen LogP contribution in [0.3, 0.4) is 0 Å². The van der Waals surface area contributed by atoms with Crippen molar-refractivity contribution in [3.8, 4) is 0 Å². The number of hydrogen-bond donors (Lipinski definition) is 3. The maximum atomic E-state index is 13.4. The molecule has 1 rings (SSSR count). The fourth-order valence-electron chi connectivity index (χ4n) is 1.31.